The van der Waals surface area contributed by atoms with Crippen molar-refractivity contribution in [2.24, 2.45) is 5.92 Å². The van der Waals surface area contributed by atoms with E-state index < -0.39 is 54.7 Å². The number of halogens is 6. The molecule has 3 saturated heterocycles. The van der Waals surface area contributed by atoms with Gasteiger partial charge >= 0.3 is 12.4 Å². The van der Waals surface area contributed by atoms with Gasteiger partial charge < -0.3 is 18.9 Å². The maximum atomic E-state index is 15.0. The largest absolute Gasteiger partial charge is 0.421 e. The Balaban J connectivity index is 1.37. The third-order valence-electron chi connectivity index (χ3n) is 8.53. The highest BCUT2D eigenvalue weighted by Crippen LogP contribution is 2.44. The number of ether oxygens (including phenoxy) is 4. The first-order valence-corrected chi connectivity index (χ1v) is 15.1. The normalized spacial score (nSPS) is 32.2. The van der Waals surface area contributed by atoms with Gasteiger partial charge in [0, 0.05) is 0 Å². The third kappa shape index (κ3) is 8.11. The van der Waals surface area contributed by atoms with E-state index in [1.165, 1.54) is 0 Å². The molecule has 13 heteroatoms. The van der Waals surface area contributed by atoms with Gasteiger partial charge in [-0.1, -0.05) is 79.9 Å². The maximum absolute atomic E-state index is 15.0. The molecule has 0 radical (unpaired) electrons. The number of alkyl halides is 6. The van der Waals surface area contributed by atoms with E-state index in [9.17, 15) is 26.3 Å². The second-order valence-corrected chi connectivity index (χ2v) is 11.7. The van der Waals surface area contributed by atoms with Crippen LogP contribution in [-0.4, -0.2) is 55.4 Å². The molecule has 3 aliphatic heterocycles. The summed E-state index contributed by atoms with van der Waals surface area (Å²) >= 11 is 0. The molecule has 5 unspecified atom stereocenters. The lowest BCUT2D eigenvalue weighted by Gasteiger charge is -2.42. The smallest absolute Gasteiger partial charge is 0.374 e. The molecule has 0 aliphatic carbocycles. The molecule has 244 valence electrons. The first-order chi connectivity index (χ1) is 21.0. The van der Waals surface area contributed by atoms with Crippen LogP contribution in [0.15, 0.2) is 60.7 Å². The Kier molecular flexibility index (Phi) is 10.9. The molecule has 0 amide bonds. The number of hydrazine groups is 1. The van der Waals surface area contributed by atoms with Crippen LogP contribution in [0.1, 0.15) is 56.1 Å². The van der Waals surface area contributed by atoms with Gasteiger partial charge in [-0.05, 0) is 36.8 Å². The van der Waals surface area contributed by atoms with Gasteiger partial charge in [-0.15, -0.1) is 0 Å². The Bertz CT molecular complexity index is 1160. The Labute approximate surface area is 252 Å². The number of fused-ring (bicyclic) bond motifs is 5. The lowest BCUT2D eigenvalue weighted by atomic mass is 9.90. The third-order valence-corrected chi connectivity index (χ3v) is 8.53. The summed E-state index contributed by atoms with van der Waals surface area (Å²) in [5.41, 5.74) is 4.14. The first kappa shape index (κ1) is 33.1. The summed E-state index contributed by atoms with van der Waals surface area (Å²) in [6.45, 7) is -0.00108. The van der Waals surface area contributed by atoms with Crippen molar-refractivity contribution in [3.8, 4) is 0 Å². The highest BCUT2D eigenvalue weighted by Gasteiger charge is 2.63. The van der Waals surface area contributed by atoms with Crippen LogP contribution in [0.3, 0.4) is 0 Å². The van der Waals surface area contributed by atoms with Crippen LogP contribution in [0.25, 0.3) is 0 Å². The summed E-state index contributed by atoms with van der Waals surface area (Å²) in [5, 5.41) is 2.91. The number of benzene rings is 2. The van der Waals surface area contributed by atoms with Crippen LogP contribution in [-0.2, 0) is 32.2 Å². The summed E-state index contributed by atoms with van der Waals surface area (Å²) in [6.07, 6.45) is -13.5. The maximum Gasteiger partial charge on any atom is 0.421 e. The summed E-state index contributed by atoms with van der Waals surface area (Å²) in [4.78, 5) is 0. The second kappa shape index (κ2) is 14.4. The Morgan fingerprint density at radius 2 is 1.43 bits per heavy atom. The minimum Gasteiger partial charge on any atom is -0.374 e. The molecule has 4 bridgehead atoms. The van der Waals surface area contributed by atoms with Crippen LogP contribution in [0, 0.1) is 5.92 Å². The zero-order valence-electron chi connectivity index (χ0n) is 24.2. The van der Waals surface area contributed by atoms with Crippen LogP contribution < -0.4 is 16.2 Å². The highest BCUT2D eigenvalue weighted by molar-refractivity contribution is 5.14. The van der Waals surface area contributed by atoms with Crippen molar-refractivity contribution in [2.45, 2.75) is 107 Å². The van der Waals surface area contributed by atoms with E-state index in [1.807, 2.05) is 30.3 Å². The van der Waals surface area contributed by atoms with E-state index in [0.29, 0.717) is 24.8 Å². The molecule has 2 aromatic rings. The summed E-state index contributed by atoms with van der Waals surface area (Å²) in [5.74, 6) is -1.79. The predicted octanol–water partition coefficient (Wildman–Crippen LogP) is 6.10. The minimum absolute atomic E-state index is 0.00909. The number of hydrogen-bond acceptors (Lipinski definition) is 7. The number of piperidine rings is 1. The van der Waals surface area contributed by atoms with E-state index in [2.05, 4.69) is 16.2 Å². The average molecular weight is 632 g/mol. The zero-order valence-corrected chi connectivity index (χ0v) is 24.2. The van der Waals surface area contributed by atoms with Crippen LogP contribution in [0.5, 0.6) is 0 Å². The van der Waals surface area contributed by atoms with Crippen molar-refractivity contribution in [1.29, 1.82) is 0 Å². The number of nitrogens with one attached hydrogen (secondary N) is 3. The monoisotopic (exact) mass is 631 g/mol. The standard InChI is InChI=1S/C31H39F6N3O4/c32-30(33,34)24-15-16-25-27-39-40-28(44-27)29(31(35,36)37,42-19-22-12-6-2-7-13-22)17-9-3-8-14-23(43-26(24)38-25)20-41-18-21-10-4-1-5-11-21/h1-2,4-7,10-13,23-28,38-40H,3,8-9,14-20H2/t23-,24?,25?,26?,27?,28?,29-/m1/s1. The van der Waals surface area contributed by atoms with Crippen LogP contribution in [0.4, 0.5) is 26.3 Å². The first-order valence-electron chi connectivity index (χ1n) is 15.1. The number of rotatable bonds is 7. The topological polar surface area (TPSA) is 73.0 Å². The van der Waals surface area contributed by atoms with Crippen LogP contribution in [0.2, 0.25) is 0 Å². The fourth-order valence-electron chi connectivity index (χ4n) is 6.08. The van der Waals surface area contributed by atoms with E-state index >= 15 is 0 Å². The van der Waals surface area contributed by atoms with Gasteiger partial charge in [0.15, 0.2) is 6.23 Å². The second-order valence-electron chi connectivity index (χ2n) is 11.7. The van der Waals surface area contributed by atoms with Crippen molar-refractivity contribution in [3.05, 3.63) is 71.8 Å². The molecule has 0 spiro atoms. The highest BCUT2D eigenvalue weighted by atomic mass is 19.4. The van der Waals surface area contributed by atoms with Crippen molar-refractivity contribution >= 4 is 0 Å². The van der Waals surface area contributed by atoms with Gasteiger partial charge in [0.25, 0.3) is 0 Å². The van der Waals surface area contributed by atoms with E-state index in [4.69, 9.17) is 18.9 Å². The molecular formula is C31H39F6N3O4. The fraction of sp³-hybridized carbons (Fsp3) is 0.613. The lowest BCUT2D eigenvalue weighted by molar-refractivity contribution is -0.321. The lowest BCUT2D eigenvalue weighted by Crippen LogP contribution is -2.61. The quantitative estimate of drug-likeness (QED) is 0.319. The minimum atomic E-state index is -4.81. The predicted molar refractivity (Wildman–Crippen MR) is 148 cm³/mol. The molecule has 3 fully saturated rings. The fourth-order valence-corrected chi connectivity index (χ4v) is 6.08. The molecule has 5 rings (SSSR count). The Morgan fingerprint density at radius 1 is 0.750 bits per heavy atom. The van der Waals surface area contributed by atoms with Gasteiger partial charge in [-0.2, -0.15) is 26.3 Å². The molecule has 2 aromatic carbocycles. The van der Waals surface area contributed by atoms with Crippen molar-refractivity contribution in [2.75, 3.05) is 6.61 Å². The van der Waals surface area contributed by atoms with Gasteiger partial charge in [0.1, 0.15) is 12.5 Å². The van der Waals surface area contributed by atoms with Crippen molar-refractivity contribution < 1.29 is 45.3 Å². The molecule has 7 atom stereocenters. The van der Waals surface area contributed by atoms with Gasteiger partial charge in [-0.25, -0.2) is 10.9 Å². The molecule has 0 saturated carbocycles. The van der Waals surface area contributed by atoms with Crippen molar-refractivity contribution in [1.82, 2.24) is 16.2 Å². The van der Waals surface area contributed by atoms with Gasteiger partial charge in [-0.3, -0.25) is 5.32 Å². The number of hydrogen-bond donors (Lipinski definition) is 3. The SMILES string of the molecule is FC(F)(F)C1CCC2NC1O[C@@H](COCc1ccccc1)CCCCC[C@](OCc1ccccc1)(C(F)(F)F)C1NNC2O1. The molecule has 3 heterocycles. The molecule has 7 nitrogen and oxygen atoms in total. The zero-order chi connectivity index (χ0) is 31.2. The molecule has 3 N–H and O–H groups in total. The van der Waals surface area contributed by atoms with Crippen LogP contribution >= 0.6 is 0 Å². The summed E-state index contributed by atoms with van der Waals surface area (Å²) < 4.78 is 111. The molecular weight excluding hydrogens is 592 g/mol. The van der Waals surface area contributed by atoms with Gasteiger partial charge in [0.05, 0.1) is 37.9 Å². The summed E-state index contributed by atoms with van der Waals surface area (Å²) in [7, 11) is 0. The Hall–Kier alpha value is -2.26. The Morgan fingerprint density at radius 3 is 2.09 bits per heavy atom. The van der Waals surface area contributed by atoms with Gasteiger partial charge in [0.2, 0.25) is 5.60 Å². The summed E-state index contributed by atoms with van der Waals surface area (Å²) in [6, 6.07) is 17.1. The average Bonchev–Trinajstić information content (AvgIpc) is 3.48. The molecule has 3 aliphatic rings. The van der Waals surface area contributed by atoms with Crippen molar-refractivity contribution in [3.63, 3.8) is 0 Å². The van der Waals surface area contributed by atoms with E-state index in [-0.39, 0.29) is 45.5 Å². The molecule has 44 heavy (non-hydrogen) atoms. The van der Waals surface area contributed by atoms with E-state index in [0.717, 1.165) is 5.56 Å². The molecule has 0 aromatic heterocycles. The van der Waals surface area contributed by atoms with E-state index in [1.54, 1.807) is 30.3 Å².